The second-order valence-corrected chi connectivity index (χ2v) is 21.8. The van der Waals surface area contributed by atoms with E-state index in [9.17, 15) is 26.7 Å². The molecule has 8 aromatic carbocycles. The highest BCUT2D eigenvalue weighted by atomic mass is 19.4. The third-order valence-electron chi connectivity index (χ3n) is 16.6. The van der Waals surface area contributed by atoms with Crippen molar-refractivity contribution in [3.8, 4) is 44.9 Å². The lowest BCUT2D eigenvalue weighted by Gasteiger charge is -2.38. The molecule has 4 nitrogen and oxygen atoms in total. The summed E-state index contributed by atoms with van der Waals surface area (Å²) in [6.45, 7) is 5.35. The largest absolute Gasteiger partial charge is 0.496 e. The molecule has 12 heteroatoms. The second-order valence-electron chi connectivity index (χ2n) is 21.8. The highest BCUT2D eigenvalue weighted by Gasteiger charge is 2.50. The molecule has 0 radical (unpaired) electrons. The normalized spacial score (nSPS) is 17.2. The first kappa shape index (κ1) is 53.3. The number of nitrogens with one attached hydrogen (secondary N) is 1. The molecule has 8 aromatic rings. The average Bonchev–Trinajstić information content (AvgIpc) is 3.93. The number of benzene rings is 8. The first-order valence-corrected chi connectivity index (χ1v) is 26.9. The van der Waals surface area contributed by atoms with Crippen LogP contribution in [0.4, 0.5) is 40.8 Å². The molecule has 0 saturated heterocycles. The molecule has 79 heavy (non-hydrogen) atoms. The number of hydrogen-bond acceptors (Lipinski definition) is 3. The van der Waals surface area contributed by atoms with Crippen molar-refractivity contribution in [2.24, 2.45) is 5.92 Å². The van der Waals surface area contributed by atoms with E-state index in [-0.39, 0.29) is 45.5 Å². The van der Waals surface area contributed by atoms with Crippen LogP contribution in [0.3, 0.4) is 0 Å². The molecule has 0 aromatic heterocycles. The molecule has 1 N–H and O–H groups in total. The van der Waals surface area contributed by atoms with E-state index >= 15 is 13.2 Å². The number of halogens is 8. The van der Waals surface area contributed by atoms with Crippen LogP contribution in [0.15, 0.2) is 152 Å². The summed E-state index contributed by atoms with van der Waals surface area (Å²) < 4.78 is 132. The van der Waals surface area contributed by atoms with Crippen molar-refractivity contribution in [3.05, 3.63) is 213 Å². The molecule has 1 heterocycles. The van der Waals surface area contributed by atoms with Gasteiger partial charge in [0.15, 0.2) is 5.60 Å². The maximum absolute atomic E-state index is 15.2. The Labute approximate surface area is 454 Å². The Hall–Kier alpha value is -7.73. The molecule has 11 rings (SSSR count). The van der Waals surface area contributed by atoms with Crippen LogP contribution < -0.4 is 14.8 Å². The number of hydrogen-bond donors (Lipinski definition) is 1. The van der Waals surface area contributed by atoms with E-state index in [2.05, 4.69) is 36.5 Å². The van der Waals surface area contributed by atoms with Gasteiger partial charge in [-0.1, -0.05) is 125 Å². The van der Waals surface area contributed by atoms with Gasteiger partial charge in [-0.05, 0) is 166 Å². The number of ether oxygens (including phenoxy) is 2. The Kier molecular flexibility index (Phi) is 13.8. The average molecular weight is 1080 g/mol. The maximum Gasteiger partial charge on any atom is 0.416 e. The highest BCUT2D eigenvalue weighted by molar-refractivity contribution is 6.11. The summed E-state index contributed by atoms with van der Waals surface area (Å²) in [5.41, 5.74) is 0.374. The predicted molar refractivity (Wildman–Crippen MR) is 295 cm³/mol. The SMILES string of the molecule is CCCCCC1CCC(c2ccc(-c3ccc(C(=O)Nc4ccc(-c5cc6c7c(c8c(c6cc5OC)OC(c5ccc(F)cc5)(c5ccc(F)cc5)C=C8)C(C)(C)c5c-7cc(C(F)(F)F)cc5C(F)(F)F)cc4)cc3)cc2)CC1. The first-order valence-electron chi connectivity index (χ1n) is 26.9. The second kappa shape index (κ2) is 20.5. The monoisotopic (exact) mass is 1080 g/mol. The van der Waals surface area contributed by atoms with Gasteiger partial charge in [0.05, 0.1) is 18.2 Å². The van der Waals surface area contributed by atoms with Crippen molar-refractivity contribution < 1.29 is 49.4 Å². The Morgan fingerprint density at radius 2 is 1.25 bits per heavy atom. The molecule has 0 spiro atoms. The molecular weight excluding hydrogens is 1020 g/mol. The molecule has 0 bridgehead atoms. The van der Waals surface area contributed by atoms with Gasteiger partial charge in [-0.2, -0.15) is 26.3 Å². The third-order valence-corrected chi connectivity index (χ3v) is 16.6. The molecular formula is C67H57F8NO3. The van der Waals surface area contributed by atoms with Gasteiger partial charge in [0.25, 0.3) is 5.91 Å². The van der Waals surface area contributed by atoms with Crippen LogP contribution in [-0.2, 0) is 23.4 Å². The van der Waals surface area contributed by atoms with E-state index in [0.717, 1.165) is 23.1 Å². The fraction of sp³-hybridized carbons (Fsp3) is 0.269. The Morgan fingerprint density at radius 1 is 0.658 bits per heavy atom. The zero-order chi connectivity index (χ0) is 55.6. The van der Waals surface area contributed by atoms with Crippen LogP contribution >= 0.6 is 0 Å². The predicted octanol–water partition coefficient (Wildman–Crippen LogP) is 19.3. The minimum Gasteiger partial charge on any atom is -0.496 e. The van der Waals surface area contributed by atoms with Gasteiger partial charge < -0.3 is 14.8 Å². The zero-order valence-corrected chi connectivity index (χ0v) is 44.1. The fourth-order valence-corrected chi connectivity index (χ4v) is 12.6. The zero-order valence-electron chi connectivity index (χ0n) is 44.1. The Bertz CT molecular complexity index is 3580. The van der Waals surface area contributed by atoms with E-state index < -0.39 is 46.1 Å². The molecule has 2 aliphatic carbocycles. The van der Waals surface area contributed by atoms with Crippen molar-refractivity contribution in [3.63, 3.8) is 0 Å². The van der Waals surface area contributed by atoms with Crippen LogP contribution in [0.2, 0.25) is 0 Å². The number of rotatable bonds is 12. The number of anilines is 1. The van der Waals surface area contributed by atoms with Gasteiger partial charge in [-0.25, -0.2) is 8.78 Å². The number of alkyl halides is 6. The van der Waals surface area contributed by atoms with Crippen molar-refractivity contribution in [2.45, 2.75) is 101 Å². The summed E-state index contributed by atoms with van der Waals surface area (Å²) >= 11 is 0. The summed E-state index contributed by atoms with van der Waals surface area (Å²) in [7, 11) is 1.44. The molecule has 1 fully saturated rings. The number of unbranched alkanes of at least 4 members (excludes halogenated alkanes) is 2. The standard InChI is InChI=1S/C67H57F8NO3/c1-5-6-7-8-39-9-11-40(12-10-39)41-13-15-42(16-14-41)43-17-19-45(20-18-43)63(77)76-51-31-21-44(22-32-51)53-37-54-55(38-58(53)78-4)62-52(33-34-65(79-62,46-23-27-49(68)28-24-46)47-25-29-50(69)30-26-47)61-59(54)56-35-48(66(70,71)72)36-57(67(73,74)75)60(56)64(61,2)3/h13-40H,5-12H2,1-4H3,(H,76,77). The molecule has 3 aliphatic rings. The molecule has 1 aliphatic heterocycles. The van der Waals surface area contributed by atoms with E-state index in [1.54, 1.807) is 74.5 Å². The lowest BCUT2D eigenvalue weighted by Crippen LogP contribution is -2.35. The van der Waals surface area contributed by atoms with E-state index in [4.69, 9.17) is 9.47 Å². The van der Waals surface area contributed by atoms with Crippen LogP contribution in [0.25, 0.3) is 50.2 Å². The van der Waals surface area contributed by atoms with Gasteiger partial charge >= 0.3 is 12.4 Å². The molecule has 0 unspecified atom stereocenters. The van der Waals surface area contributed by atoms with Crippen LogP contribution in [0, 0.1) is 17.6 Å². The van der Waals surface area contributed by atoms with Crippen LogP contribution in [0.5, 0.6) is 11.5 Å². The highest BCUT2D eigenvalue weighted by Crippen LogP contribution is 2.62. The maximum atomic E-state index is 15.2. The van der Waals surface area contributed by atoms with Crippen molar-refractivity contribution >= 4 is 28.4 Å². The Morgan fingerprint density at radius 3 is 1.82 bits per heavy atom. The number of carbonyl (C=O) groups is 1. The summed E-state index contributed by atoms with van der Waals surface area (Å²) in [6, 6.07) is 38.3. The summed E-state index contributed by atoms with van der Waals surface area (Å²) in [5, 5.41) is 3.51. The Balaban J connectivity index is 0.948. The minimum atomic E-state index is -5.18. The lowest BCUT2D eigenvalue weighted by atomic mass is 9.75. The van der Waals surface area contributed by atoms with Gasteiger partial charge in [-0.3, -0.25) is 4.79 Å². The van der Waals surface area contributed by atoms with E-state index in [1.165, 1.54) is 113 Å². The third kappa shape index (κ3) is 9.86. The number of carbonyl (C=O) groups excluding carboxylic acids is 1. The number of amides is 1. The number of fused-ring (bicyclic) bond motifs is 8. The van der Waals surface area contributed by atoms with E-state index in [0.29, 0.717) is 55.9 Å². The van der Waals surface area contributed by atoms with Crippen molar-refractivity contribution in [1.29, 1.82) is 0 Å². The van der Waals surface area contributed by atoms with Crippen molar-refractivity contribution in [2.75, 3.05) is 12.4 Å². The van der Waals surface area contributed by atoms with E-state index in [1.807, 2.05) is 12.1 Å². The van der Waals surface area contributed by atoms with Gasteiger partial charge in [0, 0.05) is 44.3 Å². The van der Waals surface area contributed by atoms with Crippen LogP contribution in [-0.4, -0.2) is 13.0 Å². The fourth-order valence-electron chi connectivity index (χ4n) is 12.6. The summed E-state index contributed by atoms with van der Waals surface area (Å²) in [6.07, 6.45) is 3.28. The topological polar surface area (TPSA) is 47.6 Å². The first-order chi connectivity index (χ1) is 37.8. The van der Waals surface area contributed by atoms with Crippen molar-refractivity contribution in [1.82, 2.24) is 0 Å². The van der Waals surface area contributed by atoms with Gasteiger partial charge in [0.2, 0.25) is 0 Å². The van der Waals surface area contributed by atoms with Gasteiger partial charge in [-0.15, -0.1) is 0 Å². The molecule has 1 amide bonds. The summed E-state index contributed by atoms with van der Waals surface area (Å²) in [5.74, 6) is 0.468. The molecule has 0 atom stereocenters. The quantitative estimate of drug-likeness (QED) is 0.0980. The van der Waals surface area contributed by atoms with Crippen LogP contribution in [0.1, 0.15) is 133 Å². The molecule has 404 valence electrons. The molecule has 1 saturated carbocycles. The number of methoxy groups -OCH3 is 1. The lowest BCUT2D eigenvalue weighted by molar-refractivity contribution is -0.143. The smallest absolute Gasteiger partial charge is 0.416 e. The minimum absolute atomic E-state index is 0.149. The van der Waals surface area contributed by atoms with Gasteiger partial charge in [0.1, 0.15) is 23.1 Å². The summed E-state index contributed by atoms with van der Waals surface area (Å²) in [4.78, 5) is 13.7.